The second-order valence-corrected chi connectivity index (χ2v) is 7.11. The third-order valence-electron chi connectivity index (χ3n) is 4.25. The van der Waals surface area contributed by atoms with Gasteiger partial charge in [-0.1, -0.05) is 66.7 Å². The molecule has 0 spiro atoms. The molecule has 0 saturated carbocycles. The standard InChI is InChI=1S/C23H16O2S/c24-23(25)19-13-9-17(10-14-19)6-5-16-7-11-18(12-8-16)22-15-20-3-1-2-4-21(20)26-22/h1-15H,(H,24,25). The van der Waals surface area contributed by atoms with Gasteiger partial charge >= 0.3 is 5.97 Å². The summed E-state index contributed by atoms with van der Waals surface area (Å²) in [5, 5.41) is 10.2. The SMILES string of the molecule is O=C(O)c1ccc(C=Cc2ccc(-c3cc4ccccc4s3)cc2)cc1. The third kappa shape index (κ3) is 3.44. The van der Waals surface area contributed by atoms with Crippen LogP contribution in [0.25, 0.3) is 32.7 Å². The quantitative estimate of drug-likeness (QED) is 0.427. The predicted octanol–water partition coefficient (Wildman–Crippen LogP) is 6.44. The Labute approximate surface area is 155 Å². The molecule has 1 heterocycles. The van der Waals surface area contributed by atoms with Crippen LogP contribution >= 0.6 is 11.3 Å². The minimum Gasteiger partial charge on any atom is -0.478 e. The van der Waals surface area contributed by atoms with E-state index in [-0.39, 0.29) is 0 Å². The van der Waals surface area contributed by atoms with Gasteiger partial charge < -0.3 is 5.11 Å². The minimum absolute atomic E-state index is 0.301. The van der Waals surface area contributed by atoms with Crippen molar-refractivity contribution in [3.05, 3.63) is 95.6 Å². The fraction of sp³-hybridized carbons (Fsp3) is 0. The van der Waals surface area contributed by atoms with Crippen molar-refractivity contribution in [2.45, 2.75) is 0 Å². The highest BCUT2D eigenvalue weighted by Gasteiger charge is 2.03. The van der Waals surface area contributed by atoms with Gasteiger partial charge in [-0.15, -0.1) is 11.3 Å². The highest BCUT2D eigenvalue weighted by Crippen LogP contribution is 2.33. The van der Waals surface area contributed by atoms with Crippen LogP contribution in [0.2, 0.25) is 0 Å². The number of hydrogen-bond acceptors (Lipinski definition) is 2. The van der Waals surface area contributed by atoms with E-state index in [1.807, 2.05) is 24.3 Å². The van der Waals surface area contributed by atoms with Crippen molar-refractivity contribution in [2.75, 3.05) is 0 Å². The van der Waals surface area contributed by atoms with E-state index in [0.717, 1.165) is 11.1 Å². The Morgan fingerprint density at radius 1 is 0.808 bits per heavy atom. The summed E-state index contributed by atoms with van der Waals surface area (Å²) in [7, 11) is 0. The van der Waals surface area contributed by atoms with Crippen LogP contribution in [0.5, 0.6) is 0 Å². The van der Waals surface area contributed by atoms with Crippen LogP contribution < -0.4 is 0 Å². The van der Waals surface area contributed by atoms with Crippen LogP contribution in [0.15, 0.2) is 78.9 Å². The van der Waals surface area contributed by atoms with E-state index in [0.29, 0.717) is 5.56 Å². The van der Waals surface area contributed by atoms with Gasteiger partial charge in [0.2, 0.25) is 0 Å². The Bertz CT molecular complexity index is 1050. The number of thiophene rings is 1. The number of carbonyl (C=O) groups is 1. The van der Waals surface area contributed by atoms with Crippen molar-refractivity contribution >= 4 is 39.5 Å². The van der Waals surface area contributed by atoms with Gasteiger partial charge in [-0.25, -0.2) is 4.79 Å². The first-order chi connectivity index (χ1) is 12.7. The minimum atomic E-state index is -0.905. The summed E-state index contributed by atoms with van der Waals surface area (Å²) in [4.78, 5) is 12.1. The number of rotatable bonds is 4. The normalized spacial score (nSPS) is 11.2. The Kier molecular flexibility index (Phi) is 4.38. The summed E-state index contributed by atoms with van der Waals surface area (Å²) in [5.74, 6) is -0.905. The van der Waals surface area contributed by atoms with Crippen molar-refractivity contribution in [2.24, 2.45) is 0 Å². The molecule has 3 aromatic carbocycles. The maximum absolute atomic E-state index is 10.9. The maximum atomic E-state index is 10.9. The molecule has 0 atom stereocenters. The molecule has 0 unspecified atom stereocenters. The van der Waals surface area contributed by atoms with Crippen molar-refractivity contribution < 1.29 is 9.90 Å². The Balaban J connectivity index is 1.52. The van der Waals surface area contributed by atoms with Crippen LogP contribution in [0.1, 0.15) is 21.5 Å². The van der Waals surface area contributed by atoms with Gasteiger partial charge in [0.1, 0.15) is 0 Å². The zero-order valence-electron chi connectivity index (χ0n) is 13.9. The lowest BCUT2D eigenvalue weighted by atomic mass is 10.1. The number of fused-ring (bicyclic) bond motifs is 1. The second-order valence-electron chi connectivity index (χ2n) is 6.03. The first-order valence-corrected chi connectivity index (χ1v) is 9.11. The van der Waals surface area contributed by atoms with E-state index in [4.69, 9.17) is 5.11 Å². The molecule has 126 valence electrons. The number of hydrogen-bond donors (Lipinski definition) is 1. The van der Waals surface area contributed by atoms with Gasteiger partial charge in [0.25, 0.3) is 0 Å². The van der Waals surface area contributed by atoms with Crippen molar-refractivity contribution in [1.29, 1.82) is 0 Å². The van der Waals surface area contributed by atoms with E-state index in [1.165, 1.54) is 20.5 Å². The lowest BCUT2D eigenvalue weighted by molar-refractivity contribution is 0.0697. The molecular weight excluding hydrogens is 340 g/mol. The average Bonchev–Trinajstić information content (AvgIpc) is 3.11. The summed E-state index contributed by atoms with van der Waals surface area (Å²) in [6, 6.07) is 26.0. The van der Waals surface area contributed by atoms with E-state index in [2.05, 4.69) is 54.6 Å². The van der Waals surface area contributed by atoms with Gasteiger partial charge in [0.05, 0.1) is 5.56 Å². The van der Waals surface area contributed by atoms with Crippen LogP contribution in [0.4, 0.5) is 0 Å². The summed E-state index contributed by atoms with van der Waals surface area (Å²) in [6.07, 6.45) is 4.02. The van der Waals surface area contributed by atoms with E-state index in [1.54, 1.807) is 23.5 Å². The molecule has 0 aliphatic heterocycles. The molecule has 1 N–H and O–H groups in total. The lowest BCUT2D eigenvalue weighted by Crippen LogP contribution is -1.94. The van der Waals surface area contributed by atoms with Crippen LogP contribution in [-0.4, -0.2) is 11.1 Å². The molecule has 0 amide bonds. The van der Waals surface area contributed by atoms with Gasteiger partial charge in [0, 0.05) is 9.58 Å². The lowest BCUT2D eigenvalue weighted by Gasteiger charge is -1.99. The Morgan fingerprint density at radius 2 is 1.42 bits per heavy atom. The zero-order chi connectivity index (χ0) is 17.9. The van der Waals surface area contributed by atoms with E-state index >= 15 is 0 Å². The molecular formula is C23H16O2S. The van der Waals surface area contributed by atoms with Gasteiger partial charge in [-0.05, 0) is 46.3 Å². The van der Waals surface area contributed by atoms with E-state index in [9.17, 15) is 4.79 Å². The molecule has 0 aliphatic rings. The first-order valence-electron chi connectivity index (χ1n) is 8.29. The van der Waals surface area contributed by atoms with Crippen molar-refractivity contribution in [3.63, 3.8) is 0 Å². The molecule has 4 rings (SSSR count). The zero-order valence-corrected chi connectivity index (χ0v) is 14.7. The molecule has 2 nitrogen and oxygen atoms in total. The highest BCUT2D eigenvalue weighted by molar-refractivity contribution is 7.22. The molecule has 26 heavy (non-hydrogen) atoms. The van der Waals surface area contributed by atoms with Gasteiger partial charge in [-0.2, -0.15) is 0 Å². The van der Waals surface area contributed by atoms with E-state index < -0.39 is 5.97 Å². The molecule has 3 heteroatoms. The van der Waals surface area contributed by atoms with Crippen LogP contribution in [0, 0.1) is 0 Å². The Morgan fingerprint density at radius 3 is 2.04 bits per heavy atom. The number of aromatic carboxylic acids is 1. The van der Waals surface area contributed by atoms with Crippen molar-refractivity contribution in [3.8, 4) is 10.4 Å². The van der Waals surface area contributed by atoms with Gasteiger partial charge in [-0.3, -0.25) is 0 Å². The molecule has 1 aromatic heterocycles. The topological polar surface area (TPSA) is 37.3 Å². The summed E-state index contributed by atoms with van der Waals surface area (Å²) in [6.45, 7) is 0. The molecule has 0 bridgehead atoms. The molecule has 0 radical (unpaired) electrons. The molecule has 4 aromatic rings. The molecule has 0 saturated heterocycles. The number of carboxylic acid groups (broad SMARTS) is 1. The summed E-state index contributed by atoms with van der Waals surface area (Å²) >= 11 is 1.80. The average molecular weight is 356 g/mol. The molecule has 0 fully saturated rings. The monoisotopic (exact) mass is 356 g/mol. The first kappa shape index (κ1) is 16.3. The largest absolute Gasteiger partial charge is 0.478 e. The summed E-state index contributed by atoms with van der Waals surface area (Å²) in [5.41, 5.74) is 3.60. The second kappa shape index (κ2) is 6.98. The van der Waals surface area contributed by atoms with Crippen molar-refractivity contribution in [1.82, 2.24) is 0 Å². The predicted molar refractivity (Wildman–Crippen MR) is 110 cm³/mol. The number of carboxylic acids is 1. The fourth-order valence-corrected chi connectivity index (χ4v) is 3.88. The summed E-state index contributed by atoms with van der Waals surface area (Å²) < 4.78 is 1.30. The van der Waals surface area contributed by atoms with Crippen LogP contribution in [-0.2, 0) is 0 Å². The Hall–Kier alpha value is -3.17. The molecule has 0 aliphatic carbocycles. The highest BCUT2D eigenvalue weighted by atomic mass is 32.1. The number of benzene rings is 3. The third-order valence-corrected chi connectivity index (χ3v) is 5.41. The van der Waals surface area contributed by atoms with Crippen LogP contribution in [0.3, 0.4) is 0 Å². The smallest absolute Gasteiger partial charge is 0.335 e. The fourth-order valence-electron chi connectivity index (χ4n) is 2.81. The van der Waals surface area contributed by atoms with Gasteiger partial charge in [0.15, 0.2) is 0 Å². The maximum Gasteiger partial charge on any atom is 0.335 e.